The molecule has 0 bridgehead atoms. The van der Waals surface area contributed by atoms with Gasteiger partial charge < -0.3 is 34.5 Å². The minimum absolute atomic E-state index is 0.00414. The molecule has 13 heteroatoms. The fourth-order valence-corrected chi connectivity index (χ4v) is 6.18. The number of rotatable bonds is 13. The second kappa shape index (κ2) is 16.1. The van der Waals surface area contributed by atoms with Crippen LogP contribution in [0.1, 0.15) is 37.5 Å². The van der Waals surface area contributed by atoms with Gasteiger partial charge >= 0.3 is 24.1 Å². The third kappa shape index (κ3) is 10.5. The summed E-state index contributed by atoms with van der Waals surface area (Å²) >= 11 is 0. The Kier molecular flexibility index (Phi) is 12.5. The van der Waals surface area contributed by atoms with Crippen LogP contribution in [-0.4, -0.2) is 61.1 Å². The highest BCUT2D eigenvalue weighted by Crippen LogP contribution is 2.43. The third-order valence-electron chi connectivity index (χ3n) is 6.67. The van der Waals surface area contributed by atoms with Crippen LogP contribution in [0, 0.1) is 0 Å². The second-order valence-corrected chi connectivity index (χ2v) is 13.8. The third-order valence-corrected chi connectivity index (χ3v) is 9.14. The lowest BCUT2D eigenvalue weighted by atomic mass is 10.1. The van der Waals surface area contributed by atoms with Gasteiger partial charge in [0.05, 0.1) is 7.11 Å². The zero-order valence-corrected chi connectivity index (χ0v) is 27.2. The second-order valence-electron chi connectivity index (χ2n) is 11.3. The van der Waals surface area contributed by atoms with E-state index in [-0.39, 0.29) is 19.4 Å². The standard InChI is InChI=1S/C33H39N2O10P/c1-33(2,3)45-32(40)35-28(30(38)42-4)20-23-13-17-26(18-14-23)46(41,43-5)25-15-11-22(12-16-25)19-27(29(36)37)34-31(39)44-21-24-9-7-6-8-10-24/h6-18,27-28H,19-21H2,1-5H3,(H,34,39)(H,35,40)(H,36,37)/t27-,28-,46?/m0/s1. The van der Waals surface area contributed by atoms with Gasteiger partial charge in [-0.2, -0.15) is 0 Å². The molecular weight excluding hydrogens is 615 g/mol. The van der Waals surface area contributed by atoms with Gasteiger partial charge in [0, 0.05) is 30.6 Å². The molecule has 0 saturated carbocycles. The summed E-state index contributed by atoms with van der Waals surface area (Å²) in [6, 6.07) is 19.7. The molecule has 46 heavy (non-hydrogen) atoms. The van der Waals surface area contributed by atoms with E-state index in [0.29, 0.717) is 21.7 Å². The first-order valence-electron chi connectivity index (χ1n) is 14.4. The Balaban J connectivity index is 1.68. The quantitative estimate of drug-likeness (QED) is 0.139. The molecule has 2 amide bonds. The number of ether oxygens (including phenoxy) is 3. The van der Waals surface area contributed by atoms with Gasteiger partial charge in [-0.15, -0.1) is 0 Å². The first-order valence-corrected chi connectivity index (χ1v) is 16.0. The summed E-state index contributed by atoms with van der Waals surface area (Å²) in [7, 11) is -1.01. The number of benzene rings is 3. The van der Waals surface area contributed by atoms with E-state index in [1.807, 2.05) is 6.07 Å². The molecular formula is C33H39N2O10P. The van der Waals surface area contributed by atoms with Gasteiger partial charge in [-0.3, -0.25) is 4.57 Å². The minimum atomic E-state index is -3.55. The molecule has 1 unspecified atom stereocenters. The van der Waals surface area contributed by atoms with Crippen LogP contribution in [0.4, 0.5) is 9.59 Å². The number of carboxylic acids is 1. The lowest BCUT2D eigenvalue weighted by molar-refractivity contribution is -0.143. The molecule has 0 aliphatic carbocycles. The molecule has 0 saturated heterocycles. The van der Waals surface area contributed by atoms with E-state index < -0.39 is 49.2 Å². The first-order chi connectivity index (χ1) is 21.7. The Hall–Kier alpha value is -4.67. The lowest BCUT2D eigenvalue weighted by Gasteiger charge is -2.23. The van der Waals surface area contributed by atoms with Gasteiger partial charge in [-0.05, 0) is 61.7 Å². The summed E-state index contributed by atoms with van der Waals surface area (Å²) < 4.78 is 34.7. The molecule has 0 spiro atoms. The largest absolute Gasteiger partial charge is 0.480 e. The number of aliphatic carboxylic acids is 1. The summed E-state index contributed by atoms with van der Waals surface area (Å²) in [6.07, 6.45) is -1.57. The molecule has 0 heterocycles. The van der Waals surface area contributed by atoms with E-state index >= 15 is 0 Å². The van der Waals surface area contributed by atoms with Crippen LogP contribution in [0.2, 0.25) is 0 Å². The summed E-state index contributed by atoms with van der Waals surface area (Å²) in [5.74, 6) is -1.89. The van der Waals surface area contributed by atoms with Gasteiger partial charge in [0.2, 0.25) is 0 Å². The Morgan fingerprint density at radius 3 is 1.70 bits per heavy atom. The van der Waals surface area contributed by atoms with Crippen LogP contribution in [0.3, 0.4) is 0 Å². The van der Waals surface area contributed by atoms with E-state index in [2.05, 4.69) is 10.6 Å². The number of carbonyl (C=O) groups excluding carboxylic acids is 3. The Bertz CT molecular complexity index is 1540. The highest BCUT2D eigenvalue weighted by Gasteiger charge is 2.29. The zero-order chi connectivity index (χ0) is 33.9. The predicted octanol–water partition coefficient (Wildman–Crippen LogP) is 4.09. The van der Waals surface area contributed by atoms with Crippen molar-refractivity contribution in [3.8, 4) is 0 Å². The molecule has 0 aliphatic heterocycles. The molecule has 0 aliphatic rings. The summed E-state index contributed by atoms with van der Waals surface area (Å²) in [5.41, 5.74) is 1.24. The van der Waals surface area contributed by atoms with E-state index in [0.717, 1.165) is 5.56 Å². The van der Waals surface area contributed by atoms with Crippen LogP contribution in [0.15, 0.2) is 78.9 Å². The maximum absolute atomic E-state index is 14.0. The molecule has 12 nitrogen and oxygen atoms in total. The maximum Gasteiger partial charge on any atom is 0.408 e. The number of carbonyl (C=O) groups is 4. The van der Waals surface area contributed by atoms with Crippen molar-refractivity contribution in [2.24, 2.45) is 0 Å². The molecule has 246 valence electrons. The van der Waals surface area contributed by atoms with Crippen LogP contribution in [0.5, 0.6) is 0 Å². The highest BCUT2D eigenvalue weighted by molar-refractivity contribution is 7.74. The molecule has 0 fully saturated rings. The molecule has 3 aromatic rings. The summed E-state index contributed by atoms with van der Waals surface area (Å²) in [6.45, 7) is 5.11. The summed E-state index contributed by atoms with van der Waals surface area (Å²) in [4.78, 5) is 48.7. The van der Waals surface area contributed by atoms with Gasteiger partial charge in [-0.25, -0.2) is 19.2 Å². The average molecular weight is 655 g/mol. The number of esters is 1. The van der Waals surface area contributed by atoms with Crippen molar-refractivity contribution in [3.63, 3.8) is 0 Å². The smallest absolute Gasteiger partial charge is 0.408 e. The molecule has 3 atom stereocenters. The van der Waals surface area contributed by atoms with Crippen molar-refractivity contribution in [1.29, 1.82) is 0 Å². The number of nitrogens with one attached hydrogen (secondary N) is 2. The fraction of sp³-hybridized carbons (Fsp3) is 0.333. The van der Waals surface area contributed by atoms with Crippen molar-refractivity contribution >= 4 is 42.1 Å². The number of methoxy groups -OCH3 is 1. The fourth-order valence-electron chi connectivity index (χ4n) is 4.38. The number of hydrogen-bond donors (Lipinski definition) is 3. The normalized spacial score (nSPS) is 13.8. The SMILES string of the molecule is COC(=O)[C@H](Cc1ccc(P(=O)(OC)c2ccc(C[C@H](NC(=O)OCc3ccccc3)C(=O)O)cc2)cc1)NC(=O)OC(C)(C)C. The van der Waals surface area contributed by atoms with Crippen LogP contribution in [0.25, 0.3) is 0 Å². The van der Waals surface area contributed by atoms with E-state index in [1.54, 1.807) is 93.6 Å². The van der Waals surface area contributed by atoms with E-state index in [9.17, 15) is 28.8 Å². The number of hydrogen-bond acceptors (Lipinski definition) is 9. The van der Waals surface area contributed by atoms with Crippen molar-refractivity contribution in [3.05, 3.63) is 95.6 Å². The maximum atomic E-state index is 14.0. The van der Waals surface area contributed by atoms with Gasteiger partial charge in [0.15, 0.2) is 0 Å². The Labute approximate surface area is 267 Å². The zero-order valence-electron chi connectivity index (χ0n) is 26.4. The van der Waals surface area contributed by atoms with Gasteiger partial charge in [0.1, 0.15) is 24.3 Å². The Morgan fingerprint density at radius 2 is 1.24 bits per heavy atom. The average Bonchev–Trinajstić information content (AvgIpc) is 3.02. The van der Waals surface area contributed by atoms with E-state index in [1.165, 1.54) is 14.2 Å². The van der Waals surface area contributed by atoms with E-state index in [4.69, 9.17) is 18.7 Å². The van der Waals surface area contributed by atoms with Crippen molar-refractivity contribution in [1.82, 2.24) is 10.6 Å². The number of amides is 2. The van der Waals surface area contributed by atoms with Crippen LogP contribution >= 0.6 is 7.37 Å². The van der Waals surface area contributed by atoms with Gasteiger partial charge in [-0.1, -0.05) is 54.6 Å². The van der Waals surface area contributed by atoms with Crippen molar-refractivity contribution in [2.75, 3.05) is 14.2 Å². The molecule has 3 rings (SSSR count). The molecule has 3 N–H and O–H groups in total. The van der Waals surface area contributed by atoms with Crippen molar-refractivity contribution in [2.45, 2.75) is 57.9 Å². The first kappa shape index (κ1) is 35.8. The minimum Gasteiger partial charge on any atom is -0.480 e. The number of alkyl carbamates (subject to hydrolysis) is 2. The summed E-state index contributed by atoms with van der Waals surface area (Å²) in [5, 5.41) is 15.3. The van der Waals surface area contributed by atoms with Gasteiger partial charge in [0.25, 0.3) is 7.37 Å². The molecule has 0 aromatic heterocycles. The monoisotopic (exact) mass is 654 g/mol. The van der Waals surface area contributed by atoms with Crippen molar-refractivity contribution < 1.29 is 47.6 Å². The molecule has 0 radical (unpaired) electrons. The number of carboxylic acid groups (broad SMARTS) is 1. The van der Waals surface area contributed by atoms with Crippen LogP contribution in [-0.2, 0) is 52.3 Å². The lowest BCUT2D eigenvalue weighted by Crippen LogP contribution is -2.45. The predicted molar refractivity (Wildman–Crippen MR) is 171 cm³/mol. The molecule has 3 aromatic carbocycles. The Morgan fingerprint density at radius 1 is 0.739 bits per heavy atom. The highest BCUT2D eigenvalue weighted by atomic mass is 31.2. The topological polar surface area (TPSA) is 167 Å². The van der Waals surface area contributed by atoms with Crippen LogP contribution < -0.4 is 21.2 Å².